The Hall–Kier alpha value is -1.36. The molecule has 0 radical (unpaired) electrons. The summed E-state index contributed by atoms with van der Waals surface area (Å²) in [7, 11) is 0. The van der Waals surface area contributed by atoms with Gasteiger partial charge in [-0.05, 0) is 44.1 Å². The Morgan fingerprint density at radius 2 is 2.05 bits per heavy atom. The van der Waals surface area contributed by atoms with Crippen LogP contribution in [0.5, 0.6) is 0 Å². The number of nitrogens with two attached hydrogens (primary N) is 1. The molecule has 2 aromatic heterocycles. The summed E-state index contributed by atoms with van der Waals surface area (Å²) >= 11 is 1.67. The SMILES string of the molecule is Cc1cc2c(NC3CCC(C)C(C)C3)nc(N)nc2s1. The standard InChI is InChI=1S/C15H22N4S/c1-8-4-5-11(6-9(8)2)17-13-12-7-10(3)20-14(12)19-15(16)18-13/h7-9,11H,4-6H2,1-3H3,(H3,16,17,18,19). The number of anilines is 2. The van der Waals surface area contributed by atoms with Crippen molar-refractivity contribution in [1.82, 2.24) is 9.97 Å². The number of nitrogen functional groups attached to an aromatic ring is 1. The summed E-state index contributed by atoms with van der Waals surface area (Å²) in [6.45, 7) is 6.79. The Morgan fingerprint density at radius 3 is 2.80 bits per heavy atom. The summed E-state index contributed by atoms with van der Waals surface area (Å²) in [5.41, 5.74) is 5.83. The molecule has 2 heterocycles. The van der Waals surface area contributed by atoms with Crippen LogP contribution in [0.4, 0.5) is 11.8 Å². The van der Waals surface area contributed by atoms with Gasteiger partial charge in [0.15, 0.2) is 0 Å². The lowest BCUT2D eigenvalue weighted by molar-refractivity contribution is 0.260. The van der Waals surface area contributed by atoms with Crippen molar-refractivity contribution in [3.05, 3.63) is 10.9 Å². The van der Waals surface area contributed by atoms with Gasteiger partial charge in [-0.3, -0.25) is 0 Å². The first-order chi connectivity index (χ1) is 9.52. The molecule has 20 heavy (non-hydrogen) atoms. The number of aromatic nitrogens is 2. The number of thiophene rings is 1. The highest BCUT2D eigenvalue weighted by Crippen LogP contribution is 2.34. The van der Waals surface area contributed by atoms with Gasteiger partial charge in [0.25, 0.3) is 0 Å². The summed E-state index contributed by atoms with van der Waals surface area (Å²) in [6, 6.07) is 2.65. The van der Waals surface area contributed by atoms with E-state index in [1.807, 2.05) is 0 Å². The number of aryl methyl sites for hydroxylation is 1. The van der Waals surface area contributed by atoms with Gasteiger partial charge >= 0.3 is 0 Å². The van der Waals surface area contributed by atoms with E-state index in [4.69, 9.17) is 5.73 Å². The Bertz CT molecular complexity index is 622. The van der Waals surface area contributed by atoms with E-state index < -0.39 is 0 Å². The molecule has 0 saturated heterocycles. The van der Waals surface area contributed by atoms with Gasteiger partial charge in [-0.1, -0.05) is 13.8 Å². The zero-order chi connectivity index (χ0) is 14.3. The second-order valence-corrected chi connectivity index (χ2v) is 7.35. The molecule has 1 fully saturated rings. The fourth-order valence-electron chi connectivity index (χ4n) is 3.04. The molecule has 3 atom stereocenters. The van der Waals surface area contributed by atoms with E-state index in [-0.39, 0.29) is 0 Å². The molecule has 1 aliphatic rings. The molecule has 3 rings (SSSR count). The van der Waals surface area contributed by atoms with E-state index in [9.17, 15) is 0 Å². The van der Waals surface area contributed by atoms with E-state index in [1.165, 1.54) is 24.1 Å². The molecular weight excluding hydrogens is 268 g/mol. The second kappa shape index (κ2) is 5.20. The van der Waals surface area contributed by atoms with Crippen LogP contribution in [0, 0.1) is 18.8 Å². The molecule has 1 saturated carbocycles. The molecule has 0 aromatic carbocycles. The lowest BCUT2D eigenvalue weighted by atomic mass is 9.79. The maximum atomic E-state index is 5.83. The Kier molecular flexibility index (Phi) is 3.54. The van der Waals surface area contributed by atoms with Crippen LogP contribution in [0.2, 0.25) is 0 Å². The lowest BCUT2D eigenvalue weighted by Gasteiger charge is -2.32. The van der Waals surface area contributed by atoms with Gasteiger partial charge < -0.3 is 11.1 Å². The highest BCUT2D eigenvalue weighted by molar-refractivity contribution is 7.18. The van der Waals surface area contributed by atoms with Crippen molar-refractivity contribution in [2.45, 2.75) is 46.1 Å². The minimum Gasteiger partial charge on any atom is -0.368 e. The van der Waals surface area contributed by atoms with Crippen molar-refractivity contribution in [2.75, 3.05) is 11.1 Å². The summed E-state index contributed by atoms with van der Waals surface area (Å²) in [6.07, 6.45) is 3.70. The molecule has 0 bridgehead atoms. The van der Waals surface area contributed by atoms with Crippen LogP contribution in [-0.2, 0) is 0 Å². The van der Waals surface area contributed by atoms with E-state index in [1.54, 1.807) is 11.3 Å². The molecule has 2 aromatic rings. The number of rotatable bonds is 2. The Labute approximate surface area is 123 Å². The number of hydrogen-bond donors (Lipinski definition) is 2. The smallest absolute Gasteiger partial charge is 0.223 e. The third-order valence-corrected chi connectivity index (χ3v) is 5.42. The normalized spacial score (nSPS) is 26.9. The predicted octanol–water partition coefficient (Wildman–Crippen LogP) is 3.82. The molecule has 5 heteroatoms. The first-order valence-electron chi connectivity index (χ1n) is 7.33. The van der Waals surface area contributed by atoms with Gasteiger partial charge in [0.2, 0.25) is 5.95 Å². The first kappa shape index (κ1) is 13.6. The zero-order valence-electron chi connectivity index (χ0n) is 12.3. The molecular formula is C15H22N4S. The maximum Gasteiger partial charge on any atom is 0.223 e. The monoisotopic (exact) mass is 290 g/mol. The number of hydrogen-bond acceptors (Lipinski definition) is 5. The molecule has 0 amide bonds. The minimum absolute atomic E-state index is 0.360. The van der Waals surface area contributed by atoms with Crippen LogP contribution in [-0.4, -0.2) is 16.0 Å². The third kappa shape index (κ3) is 2.59. The topological polar surface area (TPSA) is 63.8 Å². The van der Waals surface area contributed by atoms with Gasteiger partial charge in [-0.2, -0.15) is 4.98 Å². The van der Waals surface area contributed by atoms with Crippen LogP contribution in [0.15, 0.2) is 6.07 Å². The molecule has 4 nitrogen and oxygen atoms in total. The highest BCUT2D eigenvalue weighted by Gasteiger charge is 2.25. The molecule has 0 aliphatic heterocycles. The van der Waals surface area contributed by atoms with Crippen LogP contribution in [0.3, 0.4) is 0 Å². The highest BCUT2D eigenvalue weighted by atomic mass is 32.1. The van der Waals surface area contributed by atoms with Crippen LogP contribution in [0.1, 0.15) is 38.0 Å². The average molecular weight is 290 g/mol. The third-order valence-electron chi connectivity index (χ3n) is 4.47. The van der Waals surface area contributed by atoms with Crippen LogP contribution in [0.25, 0.3) is 10.2 Å². The van der Waals surface area contributed by atoms with Crippen molar-refractivity contribution < 1.29 is 0 Å². The first-order valence-corrected chi connectivity index (χ1v) is 8.14. The lowest BCUT2D eigenvalue weighted by Crippen LogP contribution is -2.30. The molecule has 1 aliphatic carbocycles. The maximum absolute atomic E-state index is 5.83. The Balaban J connectivity index is 1.87. The molecule has 0 spiro atoms. The van der Waals surface area contributed by atoms with E-state index in [2.05, 4.69) is 42.1 Å². The van der Waals surface area contributed by atoms with Crippen LogP contribution >= 0.6 is 11.3 Å². The fraction of sp³-hybridized carbons (Fsp3) is 0.600. The Morgan fingerprint density at radius 1 is 1.25 bits per heavy atom. The number of nitrogens with zero attached hydrogens (tertiary/aromatic N) is 2. The van der Waals surface area contributed by atoms with Gasteiger partial charge in [-0.15, -0.1) is 11.3 Å². The molecule has 3 N–H and O–H groups in total. The van der Waals surface area contributed by atoms with Crippen molar-refractivity contribution in [3.63, 3.8) is 0 Å². The summed E-state index contributed by atoms with van der Waals surface area (Å²) in [4.78, 5) is 11.0. The van der Waals surface area contributed by atoms with Crippen molar-refractivity contribution in [1.29, 1.82) is 0 Å². The van der Waals surface area contributed by atoms with E-state index in [0.29, 0.717) is 12.0 Å². The average Bonchev–Trinajstić information content (AvgIpc) is 2.74. The fourth-order valence-corrected chi connectivity index (χ4v) is 3.93. The predicted molar refractivity (Wildman–Crippen MR) is 86.2 cm³/mol. The van der Waals surface area contributed by atoms with Gasteiger partial charge in [-0.25, -0.2) is 4.98 Å². The molecule has 3 unspecified atom stereocenters. The van der Waals surface area contributed by atoms with Gasteiger partial charge in [0.1, 0.15) is 10.6 Å². The van der Waals surface area contributed by atoms with Gasteiger partial charge in [0.05, 0.1) is 5.39 Å². The van der Waals surface area contributed by atoms with Crippen molar-refractivity contribution >= 4 is 33.3 Å². The van der Waals surface area contributed by atoms with Crippen LogP contribution < -0.4 is 11.1 Å². The van der Waals surface area contributed by atoms with Gasteiger partial charge in [0, 0.05) is 10.9 Å². The summed E-state index contributed by atoms with van der Waals surface area (Å²) < 4.78 is 0. The van der Waals surface area contributed by atoms with E-state index >= 15 is 0 Å². The summed E-state index contributed by atoms with van der Waals surface area (Å²) in [5, 5.41) is 4.71. The number of fused-ring (bicyclic) bond motifs is 1. The largest absolute Gasteiger partial charge is 0.368 e. The number of nitrogens with one attached hydrogen (secondary N) is 1. The van der Waals surface area contributed by atoms with E-state index in [0.717, 1.165) is 27.9 Å². The zero-order valence-corrected chi connectivity index (χ0v) is 13.1. The quantitative estimate of drug-likeness (QED) is 0.882. The van der Waals surface area contributed by atoms with Crippen molar-refractivity contribution in [3.8, 4) is 0 Å². The van der Waals surface area contributed by atoms with Crippen molar-refractivity contribution in [2.24, 2.45) is 11.8 Å². The molecule has 108 valence electrons. The second-order valence-electron chi connectivity index (χ2n) is 6.12. The summed E-state index contributed by atoms with van der Waals surface area (Å²) in [5.74, 6) is 2.86. The minimum atomic E-state index is 0.360.